The minimum atomic E-state index is 0.514. The van der Waals surface area contributed by atoms with E-state index in [0.29, 0.717) is 3.29 Å². The van der Waals surface area contributed by atoms with Crippen molar-refractivity contribution in [3.63, 3.8) is 0 Å². The van der Waals surface area contributed by atoms with Gasteiger partial charge in [0.1, 0.15) is 13.1 Å². The molecule has 0 unspecified atom stereocenters. The number of quaternary nitrogens is 1. The highest BCUT2D eigenvalue weighted by atomic mass is 32.2. The van der Waals surface area contributed by atoms with Gasteiger partial charge in [0.15, 0.2) is 0 Å². The Balaban J connectivity index is 2.33. The van der Waals surface area contributed by atoms with E-state index >= 15 is 0 Å². The molecule has 0 spiro atoms. The summed E-state index contributed by atoms with van der Waals surface area (Å²) >= 11 is 8.48. The van der Waals surface area contributed by atoms with E-state index in [0.717, 1.165) is 26.3 Å². The first-order valence-electron chi connectivity index (χ1n) is 2.61. The highest BCUT2D eigenvalue weighted by Gasteiger charge is 2.22. The number of rotatable bonds is 0. The molecule has 0 radical (unpaired) electrons. The molecule has 1 saturated heterocycles. The van der Waals surface area contributed by atoms with Gasteiger partial charge in [-0.15, -0.1) is 0 Å². The van der Waals surface area contributed by atoms with Gasteiger partial charge in [0.2, 0.25) is 0 Å². The lowest BCUT2D eigenvalue weighted by Gasteiger charge is -2.27. The number of hydrogen-bond acceptors (Lipinski definition) is 3. The normalized spacial score (nSPS) is 27.8. The second-order valence-electron chi connectivity index (χ2n) is 1.94. The van der Waals surface area contributed by atoms with Crippen LogP contribution in [-0.2, 0) is 4.74 Å². The summed E-state index contributed by atoms with van der Waals surface area (Å²) in [6.07, 6.45) is 0. The standard InChI is InChI=1S/C4H10NOS2/c7-5(8)1-3-6-4-2-5/h7-8H,1-4H2/q+1. The number of ether oxygens (including phenoxy) is 1. The zero-order chi connectivity index (χ0) is 6.04. The predicted octanol–water partition coefficient (Wildman–Crippen LogP) is 0.523. The molecule has 0 aromatic rings. The fourth-order valence-electron chi connectivity index (χ4n) is 0.635. The molecule has 0 N–H and O–H groups in total. The van der Waals surface area contributed by atoms with Crippen molar-refractivity contribution in [1.29, 1.82) is 0 Å². The van der Waals surface area contributed by atoms with E-state index in [-0.39, 0.29) is 0 Å². The maximum atomic E-state index is 5.09. The van der Waals surface area contributed by atoms with Gasteiger partial charge >= 0.3 is 0 Å². The molecule has 48 valence electrons. The molecule has 1 aliphatic heterocycles. The molecule has 4 heteroatoms. The fraction of sp³-hybridized carbons (Fsp3) is 1.00. The molecule has 0 atom stereocenters. The molecular weight excluding hydrogens is 142 g/mol. The van der Waals surface area contributed by atoms with Crippen molar-refractivity contribution in [3.8, 4) is 0 Å². The van der Waals surface area contributed by atoms with Crippen molar-refractivity contribution >= 4 is 25.6 Å². The summed E-state index contributed by atoms with van der Waals surface area (Å²) in [4.78, 5) is 0. The van der Waals surface area contributed by atoms with Crippen molar-refractivity contribution in [2.45, 2.75) is 0 Å². The zero-order valence-corrected chi connectivity index (χ0v) is 6.37. The molecule has 2 nitrogen and oxygen atoms in total. The van der Waals surface area contributed by atoms with E-state index in [1.165, 1.54) is 0 Å². The highest BCUT2D eigenvalue weighted by molar-refractivity contribution is 7.87. The lowest BCUT2D eigenvalue weighted by Crippen LogP contribution is -2.39. The minimum Gasteiger partial charge on any atom is -0.370 e. The monoisotopic (exact) mass is 152 g/mol. The Morgan fingerprint density at radius 1 is 1.12 bits per heavy atom. The maximum Gasteiger partial charge on any atom is 0.123 e. The molecule has 0 aliphatic carbocycles. The minimum absolute atomic E-state index is 0.514. The highest BCUT2D eigenvalue weighted by Crippen LogP contribution is 2.17. The molecule has 1 heterocycles. The molecule has 1 aliphatic rings. The Kier molecular flexibility index (Phi) is 2.08. The van der Waals surface area contributed by atoms with Crippen molar-refractivity contribution in [3.05, 3.63) is 0 Å². The molecule has 0 saturated carbocycles. The Hall–Kier alpha value is 0.620. The van der Waals surface area contributed by atoms with Crippen LogP contribution < -0.4 is 0 Å². The average Bonchev–Trinajstić information content (AvgIpc) is 1.65. The second-order valence-corrected chi connectivity index (χ2v) is 3.79. The Morgan fingerprint density at radius 2 is 1.62 bits per heavy atom. The van der Waals surface area contributed by atoms with Crippen molar-refractivity contribution < 1.29 is 8.03 Å². The van der Waals surface area contributed by atoms with Crippen LogP contribution >= 0.6 is 25.6 Å². The van der Waals surface area contributed by atoms with Gasteiger partial charge in [-0.3, -0.25) is 0 Å². The topological polar surface area (TPSA) is 9.23 Å². The summed E-state index contributed by atoms with van der Waals surface area (Å²) < 4.78 is 5.61. The quantitative estimate of drug-likeness (QED) is 0.380. The number of thiol groups is 2. The van der Waals surface area contributed by atoms with Gasteiger partial charge in [0.05, 0.1) is 38.8 Å². The van der Waals surface area contributed by atoms with E-state index in [2.05, 4.69) is 25.6 Å². The van der Waals surface area contributed by atoms with Crippen LogP contribution in [-0.4, -0.2) is 29.6 Å². The van der Waals surface area contributed by atoms with Crippen molar-refractivity contribution in [2.24, 2.45) is 0 Å². The van der Waals surface area contributed by atoms with Crippen LogP contribution in [0.1, 0.15) is 0 Å². The van der Waals surface area contributed by atoms with Gasteiger partial charge in [0, 0.05) is 0 Å². The number of morpholine rings is 1. The van der Waals surface area contributed by atoms with Crippen LogP contribution in [0.25, 0.3) is 0 Å². The molecule has 0 amide bonds. The maximum absolute atomic E-state index is 5.09. The first-order chi connectivity index (χ1) is 3.71. The Labute approximate surface area is 60.5 Å². The molecule has 1 rings (SSSR count). The molecule has 1 fully saturated rings. The summed E-state index contributed by atoms with van der Waals surface area (Å²) in [5.41, 5.74) is 0. The molecular formula is C4H10NOS2+. The van der Waals surface area contributed by atoms with E-state index in [1.807, 2.05) is 0 Å². The van der Waals surface area contributed by atoms with Crippen LogP contribution in [0.15, 0.2) is 0 Å². The van der Waals surface area contributed by atoms with E-state index in [4.69, 9.17) is 4.74 Å². The third kappa shape index (κ3) is 1.85. The van der Waals surface area contributed by atoms with Crippen molar-refractivity contribution in [2.75, 3.05) is 26.3 Å². The lowest BCUT2D eigenvalue weighted by molar-refractivity contribution is -0.656. The van der Waals surface area contributed by atoms with Gasteiger partial charge in [0.25, 0.3) is 0 Å². The van der Waals surface area contributed by atoms with Crippen LogP contribution in [0, 0.1) is 0 Å². The summed E-state index contributed by atoms with van der Waals surface area (Å²) in [5, 5.41) is 0. The third-order valence-corrected chi connectivity index (χ3v) is 1.99. The van der Waals surface area contributed by atoms with Crippen molar-refractivity contribution in [1.82, 2.24) is 0 Å². The second kappa shape index (κ2) is 2.47. The third-order valence-electron chi connectivity index (χ3n) is 1.19. The first kappa shape index (κ1) is 6.74. The smallest absolute Gasteiger partial charge is 0.123 e. The largest absolute Gasteiger partial charge is 0.370 e. The number of hydrogen-bond donors (Lipinski definition) is 2. The Bertz CT molecular complexity index is 78.1. The molecule has 0 bridgehead atoms. The summed E-state index contributed by atoms with van der Waals surface area (Å²) in [6, 6.07) is 0. The fourth-order valence-corrected chi connectivity index (χ4v) is 0.962. The van der Waals surface area contributed by atoms with E-state index in [1.54, 1.807) is 0 Å². The predicted molar refractivity (Wildman–Crippen MR) is 38.8 cm³/mol. The van der Waals surface area contributed by atoms with Gasteiger partial charge < -0.3 is 4.74 Å². The molecule has 0 aromatic carbocycles. The van der Waals surface area contributed by atoms with Gasteiger partial charge in [-0.1, -0.05) is 0 Å². The van der Waals surface area contributed by atoms with E-state index < -0.39 is 0 Å². The SMILES string of the molecule is S[N+]1(S)CCOCC1. The first-order valence-corrected chi connectivity index (χ1v) is 3.41. The molecule has 0 aromatic heterocycles. The summed E-state index contributed by atoms with van der Waals surface area (Å²) in [7, 11) is 0. The van der Waals surface area contributed by atoms with E-state index in [9.17, 15) is 0 Å². The molecule has 8 heavy (non-hydrogen) atoms. The summed E-state index contributed by atoms with van der Waals surface area (Å²) in [5.74, 6) is 0. The summed E-state index contributed by atoms with van der Waals surface area (Å²) in [6.45, 7) is 3.36. The number of nitrogens with zero attached hydrogens (tertiary/aromatic N) is 1. The van der Waals surface area contributed by atoms with Crippen LogP contribution in [0.3, 0.4) is 0 Å². The van der Waals surface area contributed by atoms with Crippen LogP contribution in [0.2, 0.25) is 0 Å². The lowest BCUT2D eigenvalue weighted by atomic mass is 10.5. The Morgan fingerprint density at radius 3 is 1.88 bits per heavy atom. The van der Waals surface area contributed by atoms with Gasteiger partial charge in [-0.05, 0) is 0 Å². The van der Waals surface area contributed by atoms with Crippen LogP contribution in [0.5, 0.6) is 0 Å². The average molecular weight is 152 g/mol. The van der Waals surface area contributed by atoms with Gasteiger partial charge in [-0.25, -0.2) is 3.29 Å². The zero-order valence-electron chi connectivity index (χ0n) is 4.58. The van der Waals surface area contributed by atoms with Gasteiger partial charge in [-0.2, -0.15) is 0 Å². The van der Waals surface area contributed by atoms with Crippen LogP contribution in [0.4, 0.5) is 0 Å².